The molecule has 0 saturated heterocycles. The van der Waals surface area contributed by atoms with Gasteiger partial charge in [0.2, 0.25) is 0 Å². The summed E-state index contributed by atoms with van der Waals surface area (Å²) in [6.45, 7) is 10.2. The first-order chi connectivity index (χ1) is 6.97. The lowest BCUT2D eigenvalue weighted by molar-refractivity contribution is -0.119. The van der Waals surface area contributed by atoms with Crippen LogP contribution in [0.3, 0.4) is 0 Å². The molecule has 82 valence electrons. The van der Waals surface area contributed by atoms with Crippen LogP contribution in [-0.2, 0) is 4.79 Å². The molecule has 1 atom stereocenters. The minimum atomic E-state index is 0.0376. The number of benzene rings is 1. The summed E-state index contributed by atoms with van der Waals surface area (Å²) in [7, 11) is 0. The molecule has 0 N–H and O–H groups in total. The highest BCUT2D eigenvalue weighted by Gasteiger charge is 2.17. The van der Waals surface area contributed by atoms with Crippen molar-refractivity contribution in [3.63, 3.8) is 0 Å². The summed E-state index contributed by atoms with van der Waals surface area (Å²) in [6.07, 6.45) is 0.619. The molecule has 0 aromatic heterocycles. The van der Waals surface area contributed by atoms with Crippen molar-refractivity contribution >= 4 is 5.78 Å². The van der Waals surface area contributed by atoms with E-state index in [2.05, 4.69) is 32.9 Å². The second kappa shape index (κ2) is 4.61. The van der Waals surface area contributed by atoms with Crippen molar-refractivity contribution in [2.45, 2.75) is 47.0 Å². The summed E-state index contributed by atoms with van der Waals surface area (Å²) >= 11 is 0. The second-order valence-electron chi connectivity index (χ2n) is 4.35. The molecule has 1 heteroatoms. The maximum Gasteiger partial charge on any atom is 0.139 e. The molecule has 0 fully saturated rings. The zero-order chi connectivity index (χ0) is 11.6. The molecule has 1 aromatic carbocycles. The Hall–Kier alpha value is -1.11. The van der Waals surface area contributed by atoms with Crippen LogP contribution in [0.1, 0.15) is 48.4 Å². The molecule has 1 unspecified atom stereocenters. The van der Waals surface area contributed by atoms with Crippen molar-refractivity contribution in [3.8, 4) is 0 Å². The molecular weight excluding hydrogens is 184 g/mol. The number of rotatable bonds is 3. The Morgan fingerprint density at radius 1 is 1.20 bits per heavy atom. The molecule has 0 aliphatic rings. The molecule has 1 aromatic rings. The summed E-state index contributed by atoms with van der Waals surface area (Å²) in [5, 5.41) is 0. The zero-order valence-corrected chi connectivity index (χ0v) is 10.3. The van der Waals surface area contributed by atoms with E-state index >= 15 is 0 Å². The molecule has 0 aliphatic heterocycles. The third-order valence-corrected chi connectivity index (χ3v) is 3.00. The predicted octanol–water partition coefficient (Wildman–Crippen LogP) is 3.69. The normalized spacial score (nSPS) is 12.6. The summed E-state index contributed by atoms with van der Waals surface area (Å²) in [5.41, 5.74) is 4.96. The Morgan fingerprint density at radius 3 is 2.07 bits per heavy atom. The Labute approximate surface area is 92.5 Å². The molecule has 1 nitrogen and oxygen atoms in total. The average molecular weight is 204 g/mol. The molecule has 0 bridgehead atoms. The number of carbonyl (C=O) groups excluding carboxylic acids is 1. The smallest absolute Gasteiger partial charge is 0.139 e. The van der Waals surface area contributed by atoms with E-state index in [0.717, 1.165) is 0 Å². The number of Topliss-reactive ketones (excluding diaryl/α,β-unsaturated/α-hetero) is 1. The first kappa shape index (κ1) is 12.0. The van der Waals surface area contributed by atoms with Crippen molar-refractivity contribution in [2.75, 3.05) is 0 Å². The summed E-state index contributed by atoms with van der Waals surface area (Å²) in [5.74, 6) is 0.362. The lowest BCUT2D eigenvalue weighted by Gasteiger charge is -2.16. The standard InChI is InChI=1S/C14H20O/c1-6-13(15)12(5)14-10(3)7-9(2)8-11(14)4/h7-8,12H,6H2,1-5H3. The quantitative estimate of drug-likeness (QED) is 0.733. The highest BCUT2D eigenvalue weighted by molar-refractivity contribution is 5.85. The van der Waals surface area contributed by atoms with Gasteiger partial charge in [-0.2, -0.15) is 0 Å². The number of carbonyl (C=O) groups is 1. The van der Waals surface area contributed by atoms with Crippen LogP contribution in [0.5, 0.6) is 0 Å². The minimum Gasteiger partial charge on any atom is -0.299 e. The van der Waals surface area contributed by atoms with Gasteiger partial charge in [-0.1, -0.05) is 31.5 Å². The Balaban J connectivity index is 3.19. The van der Waals surface area contributed by atoms with Gasteiger partial charge in [0.05, 0.1) is 0 Å². The van der Waals surface area contributed by atoms with Crippen LogP contribution < -0.4 is 0 Å². The van der Waals surface area contributed by atoms with Crippen molar-refractivity contribution < 1.29 is 4.79 Å². The van der Waals surface area contributed by atoms with E-state index in [1.165, 1.54) is 22.3 Å². The van der Waals surface area contributed by atoms with Crippen molar-refractivity contribution in [3.05, 3.63) is 34.4 Å². The van der Waals surface area contributed by atoms with Crippen molar-refractivity contribution in [2.24, 2.45) is 0 Å². The van der Waals surface area contributed by atoms with Crippen LogP contribution in [0.2, 0.25) is 0 Å². The fraction of sp³-hybridized carbons (Fsp3) is 0.500. The highest BCUT2D eigenvalue weighted by atomic mass is 16.1. The fourth-order valence-electron chi connectivity index (χ4n) is 2.34. The Kier molecular flexibility index (Phi) is 3.67. The van der Waals surface area contributed by atoms with Gasteiger partial charge in [0.25, 0.3) is 0 Å². The van der Waals surface area contributed by atoms with Crippen LogP contribution in [0.4, 0.5) is 0 Å². The molecule has 0 heterocycles. The van der Waals surface area contributed by atoms with Gasteiger partial charge in [0, 0.05) is 12.3 Å². The van der Waals surface area contributed by atoms with Gasteiger partial charge >= 0.3 is 0 Å². The lowest BCUT2D eigenvalue weighted by Crippen LogP contribution is -2.10. The number of hydrogen-bond acceptors (Lipinski definition) is 1. The van der Waals surface area contributed by atoms with Crippen LogP contribution in [0.25, 0.3) is 0 Å². The van der Waals surface area contributed by atoms with Crippen LogP contribution in [0, 0.1) is 20.8 Å². The topological polar surface area (TPSA) is 17.1 Å². The molecule has 0 spiro atoms. The minimum absolute atomic E-state index is 0.0376. The van der Waals surface area contributed by atoms with Crippen LogP contribution in [0.15, 0.2) is 12.1 Å². The third kappa shape index (κ3) is 2.47. The lowest BCUT2D eigenvalue weighted by atomic mass is 9.87. The third-order valence-electron chi connectivity index (χ3n) is 3.00. The van der Waals surface area contributed by atoms with E-state index in [1.807, 2.05) is 13.8 Å². The largest absolute Gasteiger partial charge is 0.299 e. The number of aryl methyl sites for hydroxylation is 3. The van der Waals surface area contributed by atoms with E-state index < -0.39 is 0 Å². The van der Waals surface area contributed by atoms with E-state index in [9.17, 15) is 4.79 Å². The predicted molar refractivity (Wildman–Crippen MR) is 64.4 cm³/mol. The maximum absolute atomic E-state index is 11.7. The maximum atomic E-state index is 11.7. The van der Waals surface area contributed by atoms with Gasteiger partial charge < -0.3 is 0 Å². The van der Waals surface area contributed by atoms with Gasteiger partial charge in [-0.25, -0.2) is 0 Å². The molecule has 0 amide bonds. The molecule has 0 saturated carbocycles. The monoisotopic (exact) mass is 204 g/mol. The van der Waals surface area contributed by atoms with Crippen molar-refractivity contribution in [1.29, 1.82) is 0 Å². The molecule has 0 aliphatic carbocycles. The first-order valence-corrected chi connectivity index (χ1v) is 5.57. The van der Waals surface area contributed by atoms with Gasteiger partial charge in [0.1, 0.15) is 5.78 Å². The Bertz CT molecular complexity index is 354. The van der Waals surface area contributed by atoms with E-state index in [4.69, 9.17) is 0 Å². The van der Waals surface area contributed by atoms with E-state index in [0.29, 0.717) is 12.2 Å². The molecular formula is C14H20O. The molecule has 0 radical (unpaired) electrons. The van der Waals surface area contributed by atoms with Gasteiger partial charge in [-0.05, 0) is 37.5 Å². The van der Waals surface area contributed by atoms with E-state index in [-0.39, 0.29) is 5.92 Å². The first-order valence-electron chi connectivity index (χ1n) is 5.57. The summed E-state index contributed by atoms with van der Waals surface area (Å²) in [6, 6.07) is 4.31. The summed E-state index contributed by atoms with van der Waals surface area (Å²) in [4.78, 5) is 11.7. The van der Waals surface area contributed by atoms with Crippen LogP contribution in [-0.4, -0.2) is 5.78 Å². The number of hydrogen-bond donors (Lipinski definition) is 0. The van der Waals surface area contributed by atoms with Crippen LogP contribution >= 0.6 is 0 Å². The highest BCUT2D eigenvalue weighted by Crippen LogP contribution is 2.26. The average Bonchev–Trinajstić information content (AvgIpc) is 2.14. The SMILES string of the molecule is CCC(=O)C(C)c1c(C)cc(C)cc1C. The zero-order valence-electron chi connectivity index (χ0n) is 10.3. The Morgan fingerprint density at radius 2 is 1.67 bits per heavy atom. The van der Waals surface area contributed by atoms with Gasteiger partial charge in [-0.3, -0.25) is 4.79 Å². The van der Waals surface area contributed by atoms with E-state index in [1.54, 1.807) is 0 Å². The van der Waals surface area contributed by atoms with Gasteiger partial charge in [0.15, 0.2) is 0 Å². The molecule has 15 heavy (non-hydrogen) atoms. The van der Waals surface area contributed by atoms with Gasteiger partial charge in [-0.15, -0.1) is 0 Å². The molecule has 1 rings (SSSR count). The number of ketones is 1. The van der Waals surface area contributed by atoms with Crippen molar-refractivity contribution in [1.82, 2.24) is 0 Å². The summed E-state index contributed by atoms with van der Waals surface area (Å²) < 4.78 is 0. The fourth-order valence-corrected chi connectivity index (χ4v) is 2.34. The second-order valence-corrected chi connectivity index (χ2v) is 4.35.